The molecule has 0 aliphatic rings. The zero-order valence-corrected chi connectivity index (χ0v) is 10.9. The molecule has 0 saturated carbocycles. The summed E-state index contributed by atoms with van der Waals surface area (Å²) >= 11 is 0. The summed E-state index contributed by atoms with van der Waals surface area (Å²) in [7, 11) is 0. The number of hydrogen-bond donors (Lipinski definition) is 0. The van der Waals surface area contributed by atoms with Gasteiger partial charge in [0.25, 0.3) is 0 Å². The summed E-state index contributed by atoms with van der Waals surface area (Å²) in [6.45, 7) is 8.42. The average molecular weight is 234 g/mol. The standard InChI is InChI=1S/C15H19FO/c1-5-7-11(3)12(4)14-10-13(16)8-9-15(14)17-6-2/h8-12H,6H2,1-4H3. The molecule has 0 amide bonds. The maximum Gasteiger partial charge on any atom is 0.123 e. The smallest absolute Gasteiger partial charge is 0.123 e. The van der Waals surface area contributed by atoms with Crippen LogP contribution in [-0.2, 0) is 0 Å². The van der Waals surface area contributed by atoms with Gasteiger partial charge in [-0.05, 0) is 38.0 Å². The van der Waals surface area contributed by atoms with Crippen molar-refractivity contribution in [2.24, 2.45) is 5.92 Å². The van der Waals surface area contributed by atoms with Gasteiger partial charge in [-0.25, -0.2) is 4.39 Å². The Labute approximate surface area is 103 Å². The van der Waals surface area contributed by atoms with E-state index in [1.807, 2.05) is 27.7 Å². The molecule has 2 heteroatoms. The summed E-state index contributed by atoms with van der Waals surface area (Å²) in [6, 6.07) is 4.66. The highest BCUT2D eigenvalue weighted by atomic mass is 19.1. The predicted molar refractivity (Wildman–Crippen MR) is 68.6 cm³/mol. The molecule has 1 rings (SSSR count). The fourth-order valence-electron chi connectivity index (χ4n) is 1.78. The number of ether oxygens (including phenoxy) is 1. The van der Waals surface area contributed by atoms with Crippen LogP contribution in [0.3, 0.4) is 0 Å². The summed E-state index contributed by atoms with van der Waals surface area (Å²) in [5.74, 6) is 6.86. The third-order valence-electron chi connectivity index (χ3n) is 2.88. The summed E-state index contributed by atoms with van der Waals surface area (Å²) in [5.41, 5.74) is 0.891. The fraction of sp³-hybridized carbons (Fsp3) is 0.467. The van der Waals surface area contributed by atoms with E-state index in [1.54, 1.807) is 12.1 Å². The van der Waals surface area contributed by atoms with E-state index in [-0.39, 0.29) is 17.7 Å². The molecule has 1 aromatic rings. The molecule has 17 heavy (non-hydrogen) atoms. The molecule has 0 heterocycles. The Bertz CT molecular complexity index is 428. The quantitative estimate of drug-likeness (QED) is 0.716. The molecule has 0 aliphatic carbocycles. The second-order valence-corrected chi connectivity index (χ2v) is 4.09. The normalized spacial score (nSPS) is 13.5. The molecule has 0 N–H and O–H groups in total. The highest BCUT2D eigenvalue weighted by Gasteiger charge is 2.17. The molecule has 92 valence electrons. The van der Waals surface area contributed by atoms with Gasteiger partial charge in [-0.15, -0.1) is 5.92 Å². The first kappa shape index (κ1) is 13.6. The van der Waals surface area contributed by atoms with Crippen molar-refractivity contribution in [2.45, 2.75) is 33.6 Å². The van der Waals surface area contributed by atoms with Gasteiger partial charge in [-0.3, -0.25) is 0 Å². The molecular weight excluding hydrogens is 215 g/mol. The number of halogens is 1. The van der Waals surface area contributed by atoms with Crippen LogP contribution in [0.15, 0.2) is 18.2 Å². The topological polar surface area (TPSA) is 9.23 Å². The Morgan fingerprint density at radius 1 is 1.35 bits per heavy atom. The van der Waals surface area contributed by atoms with Crippen LogP contribution in [0.2, 0.25) is 0 Å². The Morgan fingerprint density at radius 2 is 2.06 bits per heavy atom. The Hall–Kier alpha value is -1.49. The molecule has 0 bridgehead atoms. The molecule has 1 nitrogen and oxygen atoms in total. The van der Waals surface area contributed by atoms with E-state index >= 15 is 0 Å². The van der Waals surface area contributed by atoms with Crippen LogP contribution >= 0.6 is 0 Å². The average Bonchev–Trinajstić information content (AvgIpc) is 2.31. The van der Waals surface area contributed by atoms with Gasteiger partial charge in [0.2, 0.25) is 0 Å². The molecule has 0 aliphatic heterocycles. The van der Waals surface area contributed by atoms with Crippen molar-refractivity contribution in [1.29, 1.82) is 0 Å². The molecule has 0 radical (unpaired) electrons. The molecule has 0 spiro atoms. The van der Waals surface area contributed by atoms with Crippen LogP contribution < -0.4 is 4.74 Å². The van der Waals surface area contributed by atoms with E-state index in [2.05, 4.69) is 11.8 Å². The minimum absolute atomic E-state index is 0.152. The molecule has 2 unspecified atom stereocenters. The second kappa shape index (κ2) is 6.30. The van der Waals surface area contributed by atoms with Crippen LogP contribution in [0.1, 0.15) is 39.2 Å². The third kappa shape index (κ3) is 3.49. The molecule has 1 aromatic carbocycles. The molecular formula is C15H19FO. The summed E-state index contributed by atoms with van der Waals surface area (Å²) in [5, 5.41) is 0. The van der Waals surface area contributed by atoms with Gasteiger partial charge < -0.3 is 4.74 Å². The van der Waals surface area contributed by atoms with Gasteiger partial charge in [0.05, 0.1) is 6.61 Å². The highest BCUT2D eigenvalue weighted by molar-refractivity contribution is 5.37. The predicted octanol–water partition coefficient (Wildman–Crippen LogP) is 3.99. The lowest BCUT2D eigenvalue weighted by molar-refractivity contribution is 0.332. The zero-order valence-electron chi connectivity index (χ0n) is 10.9. The van der Waals surface area contributed by atoms with E-state index in [4.69, 9.17) is 4.74 Å². The van der Waals surface area contributed by atoms with Gasteiger partial charge in [0.1, 0.15) is 11.6 Å². The minimum atomic E-state index is -0.230. The highest BCUT2D eigenvalue weighted by Crippen LogP contribution is 2.32. The lowest BCUT2D eigenvalue weighted by Gasteiger charge is -2.19. The third-order valence-corrected chi connectivity index (χ3v) is 2.88. The van der Waals surface area contributed by atoms with Crippen molar-refractivity contribution in [2.75, 3.05) is 6.61 Å². The Balaban J connectivity index is 3.07. The SMILES string of the molecule is CC#CC(C)C(C)c1cc(F)ccc1OCC. The maximum absolute atomic E-state index is 13.3. The van der Waals surface area contributed by atoms with Crippen molar-refractivity contribution in [3.05, 3.63) is 29.6 Å². The van der Waals surface area contributed by atoms with Gasteiger partial charge in [0, 0.05) is 11.5 Å². The first-order valence-electron chi connectivity index (χ1n) is 5.94. The molecule has 0 fully saturated rings. The Morgan fingerprint density at radius 3 is 2.65 bits per heavy atom. The van der Waals surface area contributed by atoms with E-state index in [1.165, 1.54) is 6.07 Å². The van der Waals surface area contributed by atoms with Crippen molar-refractivity contribution in [1.82, 2.24) is 0 Å². The molecule has 0 aromatic heterocycles. The summed E-state index contributed by atoms with van der Waals surface area (Å²) in [6.07, 6.45) is 0. The minimum Gasteiger partial charge on any atom is -0.494 e. The van der Waals surface area contributed by atoms with Crippen molar-refractivity contribution < 1.29 is 9.13 Å². The van der Waals surface area contributed by atoms with Crippen molar-refractivity contribution in [3.8, 4) is 17.6 Å². The lowest BCUT2D eigenvalue weighted by Crippen LogP contribution is -2.07. The summed E-state index contributed by atoms with van der Waals surface area (Å²) < 4.78 is 18.8. The maximum atomic E-state index is 13.3. The van der Waals surface area contributed by atoms with Crippen LogP contribution in [0.4, 0.5) is 4.39 Å². The van der Waals surface area contributed by atoms with Crippen LogP contribution in [0.25, 0.3) is 0 Å². The van der Waals surface area contributed by atoms with E-state index in [9.17, 15) is 4.39 Å². The van der Waals surface area contributed by atoms with E-state index in [0.29, 0.717) is 6.61 Å². The fourth-order valence-corrected chi connectivity index (χ4v) is 1.78. The number of hydrogen-bond acceptors (Lipinski definition) is 1. The van der Waals surface area contributed by atoms with E-state index < -0.39 is 0 Å². The monoisotopic (exact) mass is 234 g/mol. The van der Waals surface area contributed by atoms with Crippen LogP contribution in [-0.4, -0.2) is 6.61 Å². The van der Waals surface area contributed by atoms with Crippen molar-refractivity contribution >= 4 is 0 Å². The first-order chi connectivity index (χ1) is 8.10. The van der Waals surface area contributed by atoms with Gasteiger partial charge in [-0.2, -0.15) is 0 Å². The molecule has 0 saturated heterocycles. The Kier molecular flexibility index (Phi) is 5.03. The lowest BCUT2D eigenvalue weighted by atomic mass is 9.88. The van der Waals surface area contributed by atoms with Crippen LogP contribution in [0.5, 0.6) is 5.75 Å². The number of benzene rings is 1. The zero-order chi connectivity index (χ0) is 12.8. The van der Waals surface area contributed by atoms with Crippen molar-refractivity contribution in [3.63, 3.8) is 0 Å². The second-order valence-electron chi connectivity index (χ2n) is 4.09. The van der Waals surface area contributed by atoms with Gasteiger partial charge >= 0.3 is 0 Å². The van der Waals surface area contributed by atoms with Crippen LogP contribution in [0, 0.1) is 23.6 Å². The van der Waals surface area contributed by atoms with Gasteiger partial charge in [0.15, 0.2) is 0 Å². The first-order valence-corrected chi connectivity index (χ1v) is 5.94. The molecule has 2 atom stereocenters. The summed E-state index contributed by atoms with van der Waals surface area (Å²) in [4.78, 5) is 0. The number of rotatable bonds is 4. The van der Waals surface area contributed by atoms with E-state index in [0.717, 1.165) is 11.3 Å². The van der Waals surface area contributed by atoms with Gasteiger partial charge in [-0.1, -0.05) is 19.8 Å². The largest absolute Gasteiger partial charge is 0.494 e.